The van der Waals surface area contributed by atoms with E-state index in [-0.39, 0.29) is 24.0 Å². The van der Waals surface area contributed by atoms with Crippen LogP contribution in [-0.4, -0.2) is 56.2 Å². The third kappa shape index (κ3) is 7.38. The molecule has 0 aliphatic heterocycles. The minimum absolute atomic E-state index is 0. The molecule has 0 atom stereocenters. The lowest BCUT2D eigenvalue weighted by molar-refractivity contribution is 0.115. The molecular weight excluding hydrogens is 471 g/mol. The van der Waals surface area contributed by atoms with E-state index >= 15 is 0 Å². The number of guanidine groups is 1. The first kappa shape index (κ1) is 22.1. The van der Waals surface area contributed by atoms with E-state index in [1.165, 1.54) is 18.4 Å². The third-order valence-corrected chi connectivity index (χ3v) is 5.37. The smallest absolute Gasteiger partial charge is 0.193 e. The van der Waals surface area contributed by atoms with Gasteiger partial charge in [0.2, 0.25) is 0 Å². The molecule has 2 aromatic rings. The molecule has 1 heterocycles. The average molecular weight is 500 g/mol. The zero-order valence-corrected chi connectivity index (χ0v) is 19.2. The highest BCUT2D eigenvalue weighted by atomic mass is 127. The van der Waals surface area contributed by atoms with Crippen LogP contribution in [0, 0.1) is 5.92 Å². The summed E-state index contributed by atoms with van der Waals surface area (Å²) in [5, 5.41) is 6.63. The lowest BCUT2D eigenvalue weighted by atomic mass is 10.2. The Kier molecular flexibility index (Phi) is 9.50. The Balaban J connectivity index is 0.00000261. The molecule has 0 unspecified atom stereocenters. The summed E-state index contributed by atoms with van der Waals surface area (Å²) < 4.78 is 5.71. The molecule has 0 radical (unpaired) electrons. The van der Waals surface area contributed by atoms with Crippen LogP contribution in [0.5, 0.6) is 0 Å². The predicted molar refractivity (Wildman–Crippen MR) is 124 cm³/mol. The van der Waals surface area contributed by atoms with Crippen molar-refractivity contribution >= 4 is 41.3 Å². The fourth-order valence-corrected chi connectivity index (χ4v) is 3.52. The number of likely N-dealkylation sites (N-methyl/N-ethyl adjacent to an activating group) is 1. The van der Waals surface area contributed by atoms with Gasteiger partial charge in [0.05, 0.1) is 12.3 Å². The molecule has 148 valence electrons. The molecule has 27 heavy (non-hydrogen) atoms. The van der Waals surface area contributed by atoms with Crippen LogP contribution in [0.15, 0.2) is 40.7 Å². The molecule has 0 amide bonds. The number of nitrogens with one attached hydrogen (secondary N) is 1. The van der Waals surface area contributed by atoms with Gasteiger partial charge < -0.3 is 15.0 Å². The third-order valence-electron chi connectivity index (χ3n) is 4.43. The molecule has 1 N–H and O–H groups in total. The SMILES string of the molecule is CN=C(NCCc1csc(-c2ccccc2)n1)N(C)CCOCC1CC1.I. The van der Waals surface area contributed by atoms with E-state index in [4.69, 9.17) is 9.72 Å². The first-order chi connectivity index (χ1) is 12.8. The highest BCUT2D eigenvalue weighted by molar-refractivity contribution is 14.0. The van der Waals surface area contributed by atoms with Crippen molar-refractivity contribution in [3.05, 3.63) is 41.4 Å². The fraction of sp³-hybridized carbons (Fsp3) is 0.500. The number of halogens is 1. The van der Waals surface area contributed by atoms with Crippen molar-refractivity contribution in [2.45, 2.75) is 19.3 Å². The first-order valence-corrected chi connectivity index (χ1v) is 10.1. The minimum atomic E-state index is 0. The Morgan fingerprint density at radius 1 is 1.33 bits per heavy atom. The minimum Gasteiger partial charge on any atom is -0.379 e. The van der Waals surface area contributed by atoms with Crippen LogP contribution >= 0.6 is 35.3 Å². The number of benzene rings is 1. The Bertz CT molecular complexity index is 703. The van der Waals surface area contributed by atoms with Gasteiger partial charge in [0.25, 0.3) is 0 Å². The second-order valence-corrected chi connectivity index (χ2v) is 7.53. The van der Waals surface area contributed by atoms with Gasteiger partial charge in [-0.15, -0.1) is 35.3 Å². The van der Waals surface area contributed by atoms with E-state index in [0.717, 1.165) is 55.3 Å². The Labute approximate surface area is 183 Å². The summed E-state index contributed by atoms with van der Waals surface area (Å²) >= 11 is 1.70. The molecule has 5 nitrogen and oxygen atoms in total. The zero-order valence-electron chi connectivity index (χ0n) is 16.1. The maximum Gasteiger partial charge on any atom is 0.193 e. The standard InChI is InChI=1S/C20H28N4OS.HI/c1-21-20(24(2)12-13-25-14-16-8-9-16)22-11-10-18-15-26-19(23-18)17-6-4-3-5-7-17;/h3-7,15-16H,8-14H2,1-2H3,(H,21,22);1H. The maximum absolute atomic E-state index is 5.71. The first-order valence-electron chi connectivity index (χ1n) is 9.25. The lowest BCUT2D eigenvalue weighted by Crippen LogP contribution is -2.41. The molecule has 1 saturated carbocycles. The highest BCUT2D eigenvalue weighted by Crippen LogP contribution is 2.28. The van der Waals surface area contributed by atoms with Crippen molar-refractivity contribution < 1.29 is 4.74 Å². The number of rotatable bonds is 9. The Morgan fingerprint density at radius 3 is 2.81 bits per heavy atom. The van der Waals surface area contributed by atoms with Gasteiger partial charge in [0.1, 0.15) is 5.01 Å². The zero-order chi connectivity index (χ0) is 18.2. The van der Waals surface area contributed by atoms with Gasteiger partial charge >= 0.3 is 0 Å². The number of thiazole rings is 1. The largest absolute Gasteiger partial charge is 0.379 e. The van der Waals surface area contributed by atoms with E-state index in [9.17, 15) is 0 Å². The van der Waals surface area contributed by atoms with Gasteiger partial charge in [0, 0.05) is 51.2 Å². The number of aromatic nitrogens is 1. The van der Waals surface area contributed by atoms with Crippen molar-refractivity contribution in [1.82, 2.24) is 15.2 Å². The molecule has 1 fully saturated rings. The number of hydrogen-bond acceptors (Lipinski definition) is 4. The van der Waals surface area contributed by atoms with Gasteiger partial charge in [-0.1, -0.05) is 30.3 Å². The molecule has 1 aromatic carbocycles. The van der Waals surface area contributed by atoms with Gasteiger partial charge in [0.15, 0.2) is 5.96 Å². The second kappa shape index (κ2) is 11.6. The maximum atomic E-state index is 5.71. The van der Waals surface area contributed by atoms with Crippen LogP contribution in [0.4, 0.5) is 0 Å². The normalized spacial score (nSPS) is 13.9. The van der Waals surface area contributed by atoms with Crippen molar-refractivity contribution in [3.8, 4) is 10.6 Å². The molecule has 0 saturated heterocycles. The Hall–Kier alpha value is -1.19. The van der Waals surface area contributed by atoms with Gasteiger partial charge in [-0.05, 0) is 18.8 Å². The van der Waals surface area contributed by atoms with Crippen LogP contribution < -0.4 is 5.32 Å². The van der Waals surface area contributed by atoms with Gasteiger partial charge in [-0.2, -0.15) is 0 Å². The highest BCUT2D eigenvalue weighted by Gasteiger charge is 2.21. The van der Waals surface area contributed by atoms with Crippen molar-refractivity contribution in [2.75, 3.05) is 40.4 Å². The average Bonchev–Trinajstić information content (AvgIpc) is 3.38. The van der Waals surface area contributed by atoms with Gasteiger partial charge in [-0.25, -0.2) is 4.98 Å². The van der Waals surface area contributed by atoms with Crippen molar-refractivity contribution in [2.24, 2.45) is 10.9 Å². The monoisotopic (exact) mass is 500 g/mol. The van der Waals surface area contributed by atoms with Crippen LogP contribution in [0.25, 0.3) is 10.6 Å². The summed E-state index contributed by atoms with van der Waals surface area (Å²) in [6.07, 6.45) is 3.55. The predicted octanol–water partition coefficient (Wildman–Crippen LogP) is 3.90. The van der Waals surface area contributed by atoms with E-state index < -0.39 is 0 Å². The van der Waals surface area contributed by atoms with Crippen LogP contribution in [0.1, 0.15) is 18.5 Å². The topological polar surface area (TPSA) is 49.8 Å². The molecule has 3 rings (SSSR count). The van der Waals surface area contributed by atoms with E-state index in [1.54, 1.807) is 11.3 Å². The summed E-state index contributed by atoms with van der Waals surface area (Å²) in [5.41, 5.74) is 2.30. The second-order valence-electron chi connectivity index (χ2n) is 6.67. The van der Waals surface area contributed by atoms with Gasteiger partial charge in [-0.3, -0.25) is 4.99 Å². The molecular formula is C20H29IN4OS. The van der Waals surface area contributed by atoms with Crippen molar-refractivity contribution in [1.29, 1.82) is 0 Å². The van der Waals surface area contributed by atoms with Crippen molar-refractivity contribution in [3.63, 3.8) is 0 Å². The summed E-state index contributed by atoms with van der Waals surface area (Å²) in [4.78, 5) is 11.2. The fourth-order valence-electron chi connectivity index (χ4n) is 2.66. The van der Waals surface area contributed by atoms with E-state index in [2.05, 4.69) is 32.7 Å². The number of nitrogens with zero attached hydrogens (tertiary/aromatic N) is 3. The van der Waals surface area contributed by atoms with Crippen LogP contribution in [0.3, 0.4) is 0 Å². The molecule has 1 aliphatic carbocycles. The quantitative estimate of drug-likeness (QED) is 0.246. The van der Waals surface area contributed by atoms with Crippen LogP contribution in [-0.2, 0) is 11.2 Å². The van der Waals surface area contributed by atoms with Crippen LogP contribution in [0.2, 0.25) is 0 Å². The molecule has 0 bridgehead atoms. The summed E-state index contributed by atoms with van der Waals surface area (Å²) in [6, 6.07) is 10.3. The molecule has 1 aliphatic rings. The number of ether oxygens (including phenoxy) is 1. The summed E-state index contributed by atoms with van der Waals surface area (Å²) in [5.74, 6) is 1.72. The lowest BCUT2D eigenvalue weighted by Gasteiger charge is -2.21. The van der Waals surface area contributed by atoms with E-state index in [1.807, 2.05) is 32.3 Å². The molecule has 7 heteroatoms. The summed E-state index contributed by atoms with van der Waals surface area (Å²) in [7, 11) is 3.87. The summed E-state index contributed by atoms with van der Waals surface area (Å²) in [6.45, 7) is 3.33. The Morgan fingerprint density at radius 2 is 2.11 bits per heavy atom. The van der Waals surface area contributed by atoms with E-state index in [0.29, 0.717) is 0 Å². The number of hydrogen-bond donors (Lipinski definition) is 1. The molecule has 1 aromatic heterocycles. The molecule has 0 spiro atoms. The number of aliphatic imine (C=N–C) groups is 1.